The van der Waals surface area contributed by atoms with Crippen LogP contribution in [-0.4, -0.2) is 29.7 Å². The third-order valence-corrected chi connectivity index (χ3v) is 2.74. The second kappa shape index (κ2) is 4.53. The van der Waals surface area contributed by atoms with E-state index in [9.17, 15) is 5.11 Å². The van der Waals surface area contributed by atoms with E-state index in [1.165, 1.54) is 5.56 Å². The van der Waals surface area contributed by atoms with Gasteiger partial charge in [0.2, 0.25) is 0 Å². The second-order valence-corrected chi connectivity index (χ2v) is 4.58. The quantitative estimate of drug-likeness (QED) is 0.846. The van der Waals surface area contributed by atoms with Crippen LogP contribution < -0.4 is 0 Å². The molecule has 0 radical (unpaired) electrons. The average Bonchev–Trinajstić information content (AvgIpc) is 2.54. The van der Waals surface area contributed by atoms with Crippen LogP contribution in [0.2, 0.25) is 0 Å². The van der Waals surface area contributed by atoms with Crippen molar-refractivity contribution >= 4 is 0 Å². The van der Waals surface area contributed by atoms with Crippen molar-refractivity contribution in [1.82, 2.24) is 0 Å². The van der Waals surface area contributed by atoms with Gasteiger partial charge in [-0.3, -0.25) is 0 Å². The van der Waals surface area contributed by atoms with Crippen LogP contribution in [0.5, 0.6) is 0 Å². The van der Waals surface area contributed by atoms with Crippen molar-refractivity contribution < 1.29 is 14.6 Å². The summed E-state index contributed by atoms with van der Waals surface area (Å²) in [5, 5.41) is 9.24. The molecule has 0 bridgehead atoms. The summed E-state index contributed by atoms with van der Waals surface area (Å²) in [6.07, 6.45) is 0.479. The van der Waals surface area contributed by atoms with Crippen LogP contribution in [0.1, 0.15) is 19.4 Å². The molecule has 88 valence electrons. The fraction of sp³-hybridized carbons (Fsp3) is 0.538. The Morgan fingerprint density at radius 3 is 2.38 bits per heavy atom. The van der Waals surface area contributed by atoms with Gasteiger partial charge in [-0.05, 0) is 19.4 Å². The number of aliphatic hydroxyl groups excluding tert-OH is 1. The highest BCUT2D eigenvalue weighted by Gasteiger charge is 2.40. The Morgan fingerprint density at radius 1 is 1.12 bits per heavy atom. The Hall–Kier alpha value is -0.900. The zero-order valence-electron chi connectivity index (χ0n) is 9.72. The van der Waals surface area contributed by atoms with Gasteiger partial charge < -0.3 is 14.6 Å². The molecule has 2 rings (SSSR count). The van der Waals surface area contributed by atoms with Crippen LogP contribution in [0, 0.1) is 0 Å². The van der Waals surface area contributed by atoms with E-state index in [4.69, 9.17) is 9.47 Å². The summed E-state index contributed by atoms with van der Waals surface area (Å²) in [7, 11) is 0. The minimum absolute atomic E-state index is 0.000923. The Labute approximate surface area is 96.0 Å². The van der Waals surface area contributed by atoms with Crippen molar-refractivity contribution in [3.05, 3.63) is 35.9 Å². The number of ether oxygens (including phenoxy) is 2. The minimum atomic E-state index is -0.590. The molecule has 1 aliphatic rings. The lowest BCUT2D eigenvalue weighted by atomic mass is 10.0. The standard InChI is InChI=1S/C13H18O3/c1-13(2)15-11(12(9-14)16-13)8-10-6-4-3-5-7-10/h3-7,11-12,14H,8-9H2,1-2H3/t11-,12-/m1/s1. The van der Waals surface area contributed by atoms with Crippen molar-refractivity contribution in [1.29, 1.82) is 0 Å². The highest BCUT2D eigenvalue weighted by Crippen LogP contribution is 2.29. The second-order valence-electron chi connectivity index (χ2n) is 4.58. The molecule has 0 unspecified atom stereocenters. The first-order valence-electron chi connectivity index (χ1n) is 5.61. The van der Waals surface area contributed by atoms with E-state index in [-0.39, 0.29) is 18.8 Å². The van der Waals surface area contributed by atoms with Gasteiger partial charge in [-0.1, -0.05) is 30.3 Å². The van der Waals surface area contributed by atoms with E-state index in [1.54, 1.807) is 0 Å². The van der Waals surface area contributed by atoms with Gasteiger partial charge >= 0.3 is 0 Å². The van der Waals surface area contributed by atoms with Crippen LogP contribution >= 0.6 is 0 Å². The molecule has 0 amide bonds. The molecule has 0 spiro atoms. The largest absolute Gasteiger partial charge is 0.394 e. The highest BCUT2D eigenvalue weighted by molar-refractivity contribution is 5.16. The van der Waals surface area contributed by atoms with Gasteiger partial charge in [-0.15, -0.1) is 0 Å². The molecule has 1 heterocycles. The molecule has 0 saturated carbocycles. The predicted octanol–water partition coefficient (Wildman–Crippen LogP) is 1.74. The number of rotatable bonds is 3. The summed E-state index contributed by atoms with van der Waals surface area (Å²) >= 11 is 0. The SMILES string of the molecule is CC1(C)O[C@H](CO)[C@@H](Cc2ccccc2)O1. The Kier molecular flexibility index (Phi) is 3.28. The molecule has 0 aliphatic carbocycles. The Balaban J connectivity index is 2.04. The fourth-order valence-corrected chi connectivity index (χ4v) is 2.08. The maximum atomic E-state index is 9.24. The van der Waals surface area contributed by atoms with Crippen molar-refractivity contribution in [2.24, 2.45) is 0 Å². The Morgan fingerprint density at radius 2 is 1.75 bits per heavy atom. The zero-order chi connectivity index (χ0) is 11.6. The first kappa shape index (κ1) is 11.6. The summed E-state index contributed by atoms with van der Waals surface area (Å²) in [6, 6.07) is 10.1. The van der Waals surface area contributed by atoms with Crippen LogP contribution in [-0.2, 0) is 15.9 Å². The summed E-state index contributed by atoms with van der Waals surface area (Å²) in [4.78, 5) is 0. The molecular formula is C13H18O3. The molecular weight excluding hydrogens is 204 g/mol. The summed E-state index contributed by atoms with van der Waals surface area (Å²) in [5.41, 5.74) is 1.20. The van der Waals surface area contributed by atoms with Gasteiger partial charge in [0.25, 0.3) is 0 Å². The lowest BCUT2D eigenvalue weighted by molar-refractivity contribution is -0.149. The smallest absolute Gasteiger partial charge is 0.163 e. The number of aliphatic hydroxyl groups is 1. The maximum Gasteiger partial charge on any atom is 0.163 e. The summed E-state index contributed by atoms with van der Waals surface area (Å²) in [6.45, 7) is 3.75. The molecule has 1 aromatic rings. The van der Waals surface area contributed by atoms with E-state index in [2.05, 4.69) is 12.1 Å². The summed E-state index contributed by atoms with van der Waals surface area (Å²) < 4.78 is 11.4. The van der Waals surface area contributed by atoms with Crippen LogP contribution in [0.25, 0.3) is 0 Å². The lowest BCUT2D eigenvalue weighted by Crippen LogP contribution is -2.28. The topological polar surface area (TPSA) is 38.7 Å². The van der Waals surface area contributed by atoms with Crippen LogP contribution in [0.15, 0.2) is 30.3 Å². The monoisotopic (exact) mass is 222 g/mol. The zero-order valence-corrected chi connectivity index (χ0v) is 9.72. The third-order valence-electron chi connectivity index (χ3n) is 2.74. The minimum Gasteiger partial charge on any atom is -0.394 e. The normalized spacial score (nSPS) is 28.2. The molecule has 1 fully saturated rings. The molecule has 1 aliphatic heterocycles. The highest BCUT2D eigenvalue weighted by atomic mass is 16.8. The first-order chi connectivity index (χ1) is 7.61. The first-order valence-corrected chi connectivity index (χ1v) is 5.61. The maximum absolute atomic E-state index is 9.24. The molecule has 2 atom stereocenters. The van der Waals surface area contributed by atoms with Crippen molar-refractivity contribution in [3.8, 4) is 0 Å². The fourth-order valence-electron chi connectivity index (χ4n) is 2.08. The predicted molar refractivity (Wildman–Crippen MR) is 61.1 cm³/mol. The summed E-state index contributed by atoms with van der Waals surface area (Å²) in [5.74, 6) is -0.590. The van der Waals surface area contributed by atoms with Gasteiger partial charge in [0.15, 0.2) is 5.79 Å². The van der Waals surface area contributed by atoms with Gasteiger partial charge in [0, 0.05) is 6.42 Å². The van der Waals surface area contributed by atoms with Gasteiger partial charge in [0.05, 0.1) is 12.7 Å². The van der Waals surface area contributed by atoms with E-state index >= 15 is 0 Å². The molecule has 3 heteroatoms. The molecule has 1 N–H and O–H groups in total. The molecule has 3 nitrogen and oxygen atoms in total. The van der Waals surface area contributed by atoms with E-state index in [1.807, 2.05) is 32.0 Å². The number of hydrogen-bond acceptors (Lipinski definition) is 3. The van der Waals surface area contributed by atoms with Gasteiger partial charge in [-0.25, -0.2) is 0 Å². The van der Waals surface area contributed by atoms with Gasteiger partial charge in [-0.2, -0.15) is 0 Å². The lowest BCUT2D eigenvalue weighted by Gasteiger charge is -2.16. The van der Waals surface area contributed by atoms with E-state index in [0.717, 1.165) is 6.42 Å². The van der Waals surface area contributed by atoms with E-state index < -0.39 is 5.79 Å². The average molecular weight is 222 g/mol. The van der Waals surface area contributed by atoms with Crippen LogP contribution in [0.4, 0.5) is 0 Å². The number of hydrogen-bond donors (Lipinski definition) is 1. The third kappa shape index (κ3) is 2.61. The van der Waals surface area contributed by atoms with Crippen molar-refractivity contribution in [2.75, 3.05) is 6.61 Å². The molecule has 1 saturated heterocycles. The molecule has 0 aromatic heterocycles. The van der Waals surface area contributed by atoms with Crippen molar-refractivity contribution in [3.63, 3.8) is 0 Å². The van der Waals surface area contributed by atoms with E-state index in [0.29, 0.717) is 0 Å². The Bertz CT molecular complexity index is 334. The molecule has 16 heavy (non-hydrogen) atoms. The number of benzene rings is 1. The van der Waals surface area contributed by atoms with Crippen molar-refractivity contribution in [2.45, 2.75) is 38.3 Å². The van der Waals surface area contributed by atoms with Crippen LogP contribution in [0.3, 0.4) is 0 Å². The molecule has 1 aromatic carbocycles. The van der Waals surface area contributed by atoms with Gasteiger partial charge in [0.1, 0.15) is 6.10 Å².